The largest absolute Gasteiger partial charge is 0.334 e. The molecule has 0 aliphatic heterocycles. The highest BCUT2D eigenvalue weighted by Crippen LogP contribution is 2.19. The number of nitrogens with one attached hydrogen (secondary N) is 1. The van der Waals surface area contributed by atoms with E-state index < -0.39 is 0 Å². The number of tetrazole rings is 1. The SMILES string of the molecule is CNC(C)Cc1noc(-c2ccc(-n3cnnn3)cc2)n1.Cl. The third-order valence-electron chi connectivity index (χ3n) is 3.18. The molecule has 116 valence electrons. The molecule has 22 heavy (non-hydrogen) atoms. The van der Waals surface area contributed by atoms with Gasteiger partial charge in [-0.25, -0.2) is 4.68 Å². The fourth-order valence-corrected chi connectivity index (χ4v) is 1.87. The van der Waals surface area contributed by atoms with E-state index in [2.05, 4.69) is 37.9 Å². The van der Waals surface area contributed by atoms with Crippen LogP contribution >= 0.6 is 12.4 Å². The third kappa shape index (κ3) is 3.46. The van der Waals surface area contributed by atoms with Crippen LogP contribution in [0.25, 0.3) is 17.1 Å². The second-order valence-corrected chi connectivity index (χ2v) is 4.71. The van der Waals surface area contributed by atoms with E-state index in [9.17, 15) is 0 Å². The van der Waals surface area contributed by atoms with Gasteiger partial charge in [-0.15, -0.1) is 17.5 Å². The van der Waals surface area contributed by atoms with Crippen molar-refractivity contribution in [3.8, 4) is 17.1 Å². The second-order valence-electron chi connectivity index (χ2n) is 4.71. The van der Waals surface area contributed by atoms with Crippen molar-refractivity contribution < 1.29 is 4.52 Å². The second kappa shape index (κ2) is 7.10. The first kappa shape index (κ1) is 16.1. The van der Waals surface area contributed by atoms with Gasteiger partial charge in [-0.2, -0.15) is 4.98 Å². The van der Waals surface area contributed by atoms with Crippen LogP contribution in [-0.2, 0) is 6.42 Å². The van der Waals surface area contributed by atoms with Crippen LogP contribution in [0.4, 0.5) is 0 Å². The van der Waals surface area contributed by atoms with Crippen molar-refractivity contribution in [3.63, 3.8) is 0 Å². The highest BCUT2D eigenvalue weighted by molar-refractivity contribution is 5.85. The first-order valence-electron chi connectivity index (χ1n) is 6.60. The Morgan fingerprint density at radius 2 is 2.05 bits per heavy atom. The monoisotopic (exact) mass is 321 g/mol. The van der Waals surface area contributed by atoms with Crippen molar-refractivity contribution in [2.24, 2.45) is 0 Å². The lowest BCUT2D eigenvalue weighted by Gasteiger charge is -2.04. The Hall–Kier alpha value is -2.32. The molecule has 0 aliphatic carbocycles. The van der Waals surface area contributed by atoms with E-state index in [-0.39, 0.29) is 12.4 Å². The Balaban J connectivity index is 0.00000176. The molecule has 8 nitrogen and oxygen atoms in total. The van der Waals surface area contributed by atoms with Crippen molar-refractivity contribution in [2.75, 3.05) is 7.05 Å². The summed E-state index contributed by atoms with van der Waals surface area (Å²) < 4.78 is 6.87. The average Bonchev–Trinajstić information content (AvgIpc) is 3.19. The summed E-state index contributed by atoms with van der Waals surface area (Å²) in [6, 6.07) is 7.89. The van der Waals surface area contributed by atoms with E-state index in [4.69, 9.17) is 4.52 Å². The molecule has 0 bridgehead atoms. The Kier molecular flexibility index (Phi) is 5.18. The standard InChI is InChI=1S/C13H15N7O.ClH/c1-9(14-2)7-12-16-13(21-17-12)10-3-5-11(6-4-10)20-8-15-18-19-20;/h3-6,8-9,14H,7H2,1-2H3;1H. The summed E-state index contributed by atoms with van der Waals surface area (Å²) in [5.74, 6) is 1.20. The van der Waals surface area contributed by atoms with Crippen LogP contribution in [0, 0.1) is 0 Å². The molecule has 0 amide bonds. The van der Waals surface area contributed by atoms with Crippen molar-refractivity contribution in [3.05, 3.63) is 36.4 Å². The zero-order chi connectivity index (χ0) is 14.7. The molecule has 1 atom stereocenters. The number of benzene rings is 1. The maximum Gasteiger partial charge on any atom is 0.257 e. The molecule has 3 aromatic rings. The summed E-state index contributed by atoms with van der Waals surface area (Å²) in [5.41, 5.74) is 1.73. The van der Waals surface area contributed by atoms with Crippen molar-refractivity contribution in [1.29, 1.82) is 0 Å². The summed E-state index contributed by atoms with van der Waals surface area (Å²) in [6.07, 6.45) is 2.27. The lowest BCUT2D eigenvalue weighted by molar-refractivity contribution is 0.418. The van der Waals surface area contributed by atoms with E-state index in [0.29, 0.717) is 17.8 Å². The van der Waals surface area contributed by atoms with Crippen LogP contribution in [-0.4, -0.2) is 43.4 Å². The number of nitrogens with zero attached hydrogens (tertiary/aromatic N) is 6. The van der Waals surface area contributed by atoms with Gasteiger partial charge in [0.1, 0.15) is 6.33 Å². The first-order valence-corrected chi connectivity index (χ1v) is 6.60. The van der Waals surface area contributed by atoms with Crippen LogP contribution < -0.4 is 5.32 Å². The number of likely N-dealkylation sites (N-methyl/N-ethyl adjacent to an activating group) is 1. The highest BCUT2D eigenvalue weighted by atomic mass is 35.5. The minimum absolute atomic E-state index is 0. The van der Waals surface area contributed by atoms with E-state index in [1.165, 1.54) is 0 Å². The van der Waals surface area contributed by atoms with E-state index in [1.807, 2.05) is 31.3 Å². The Morgan fingerprint density at radius 3 is 2.68 bits per heavy atom. The smallest absolute Gasteiger partial charge is 0.257 e. The van der Waals surface area contributed by atoms with Gasteiger partial charge in [0.2, 0.25) is 0 Å². The minimum Gasteiger partial charge on any atom is -0.334 e. The molecule has 1 N–H and O–H groups in total. The summed E-state index contributed by atoms with van der Waals surface area (Å²) in [6.45, 7) is 2.07. The summed E-state index contributed by atoms with van der Waals surface area (Å²) in [4.78, 5) is 4.40. The average molecular weight is 322 g/mol. The lowest BCUT2D eigenvalue weighted by Crippen LogP contribution is -2.24. The van der Waals surface area contributed by atoms with Crippen LogP contribution in [0.3, 0.4) is 0 Å². The van der Waals surface area contributed by atoms with Gasteiger partial charge in [0.05, 0.1) is 5.69 Å². The zero-order valence-corrected chi connectivity index (χ0v) is 13.0. The topological polar surface area (TPSA) is 94.6 Å². The number of halogens is 1. The maximum absolute atomic E-state index is 5.29. The molecular formula is C13H16ClN7O. The van der Waals surface area contributed by atoms with E-state index >= 15 is 0 Å². The summed E-state index contributed by atoms with van der Waals surface area (Å²) >= 11 is 0. The van der Waals surface area contributed by atoms with Gasteiger partial charge >= 0.3 is 0 Å². The van der Waals surface area contributed by atoms with Gasteiger partial charge in [0.15, 0.2) is 5.82 Å². The molecule has 0 saturated heterocycles. The van der Waals surface area contributed by atoms with Gasteiger partial charge in [0.25, 0.3) is 5.89 Å². The lowest BCUT2D eigenvalue weighted by atomic mass is 10.2. The van der Waals surface area contributed by atoms with Crippen LogP contribution in [0.2, 0.25) is 0 Å². The van der Waals surface area contributed by atoms with Gasteiger partial charge in [-0.1, -0.05) is 5.16 Å². The molecule has 0 saturated carbocycles. The Labute approximate surface area is 133 Å². The highest BCUT2D eigenvalue weighted by Gasteiger charge is 2.11. The van der Waals surface area contributed by atoms with Crippen molar-refractivity contribution >= 4 is 12.4 Å². The Bertz CT molecular complexity index is 696. The van der Waals surface area contributed by atoms with Gasteiger partial charge in [0, 0.05) is 18.0 Å². The van der Waals surface area contributed by atoms with E-state index in [0.717, 1.165) is 17.7 Å². The maximum atomic E-state index is 5.29. The number of rotatable bonds is 5. The molecule has 3 rings (SSSR count). The van der Waals surface area contributed by atoms with Crippen molar-refractivity contribution in [2.45, 2.75) is 19.4 Å². The first-order chi connectivity index (χ1) is 10.3. The molecule has 0 aliphatic rings. The number of aromatic nitrogens is 6. The van der Waals surface area contributed by atoms with Crippen LogP contribution in [0.5, 0.6) is 0 Å². The molecule has 2 aromatic heterocycles. The molecular weight excluding hydrogens is 306 g/mol. The molecule has 2 heterocycles. The van der Waals surface area contributed by atoms with Gasteiger partial charge < -0.3 is 9.84 Å². The van der Waals surface area contributed by atoms with Gasteiger partial charge in [-0.05, 0) is 48.7 Å². The Morgan fingerprint density at radius 1 is 1.27 bits per heavy atom. The number of hydrogen-bond acceptors (Lipinski definition) is 7. The van der Waals surface area contributed by atoms with Gasteiger partial charge in [-0.3, -0.25) is 0 Å². The summed E-state index contributed by atoms with van der Waals surface area (Å²) in [5, 5.41) is 18.2. The predicted octanol–water partition coefficient (Wildman–Crippen LogP) is 1.28. The molecule has 0 radical (unpaired) electrons. The molecule has 0 spiro atoms. The molecule has 9 heteroatoms. The predicted molar refractivity (Wildman–Crippen MR) is 81.9 cm³/mol. The normalized spacial score (nSPS) is 11.9. The number of hydrogen-bond donors (Lipinski definition) is 1. The van der Waals surface area contributed by atoms with Crippen LogP contribution in [0.15, 0.2) is 35.1 Å². The molecule has 1 unspecified atom stereocenters. The van der Waals surface area contributed by atoms with Crippen LogP contribution in [0.1, 0.15) is 12.7 Å². The van der Waals surface area contributed by atoms with Crippen molar-refractivity contribution in [1.82, 2.24) is 35.7 Å². The minimum atomic E-state index is 0. The fourth-order valence-electron chi connectivity index (χ4n) is 1.87. The fraction of sp³-hybridized carbons (Fsp3) is 0.308. The third-order valence-corrected chi connectivity index (χ3v) is 3.18. The quantitative estimate of drug-likeness (QED) is 0.756. The van der Waals surface area contributed by atoms with E-state index in [1.54, 1.807) is 11.0 Å². The summed E-state index contributed by atoms with van der Waals surface area (Å²) in [7, 11) is 1.91. The molecule has 0 fully saturated rings. The zero-order valence-electron chi connectivity index (χ0n) is 12.2. The molecule has 1 aromatic carbocycles.